The maximum Gasteiger partial charge on any atom is 0.263 e. The Hall–Kier alpha value is -2.89. The molecule has 5 rings (SSSR count). The highest BCUT2D eigenvalue weighted by molar-refractivity contribution is 7.91. The highest BCUT2D eigenvalue weighted by atomic mass is 32.2. The molecule has 34 heavy (non-hydrogen) atoms. The molecule has 0 unspecified atom stereocenters. The van der Waals surface area contributed by atoms with Crippen molar-refractivity contribution in [3.8, 4) is 0 Å². The van der Waals surface area contributed by atoms with Crippen molar-refractivity contribution in [2.45, 2.75) is 17.9 Å². The van der Waals surface area contributed by atoms with Gasteiger partial charge in [0.15, 0.2) is 9.84 Å². The quantitative estimate of drug-likeness (QED) is 0.561. The van der Waals surface area contributed by atoms with Gasteiger partial charge in [0.25, 0.3) is 6.43 Å². The molecule has 0 bridgehead atoms. The van der Waals surface area contributed by atoms with Gasteiger partial charge in [-0.2, -0.15) is 4.98 Å². The third kappa shape index (κ3) is 3.87. The Bertz CT molecular complexity index is 1340. The van der Waals surface area contributed by atoms with E-state index in [1.807, 2.05) is 4.90 Å². The van der Waals surface area contributed by atoms with Crippen LogP contribution in [0.2, 0.25) is 0 Å². The van der Waals surface area contributed by atoms with E-state index in [1.54, 1.807) is 29.2 Å². The third-order valence-electron chi connectivity index (χ3n) is 6.64. The maximum absolute atomic E-state index is 13.4. The van der Waals surface area contributed by atoms with E-state index in [1.165, 1.54) is 18.2 Å². The van der Waals surface area contributed by atoms with Crippen LogP contribution < -0.4 is 15.5 Å². The number of fused-ring (bicyclic) bond motifs is 2. The van der Waals surface area contributed by atoms with Crippen molar-refractivity contribution in [3.63, 3.8) is 0 Å². The van der Waals surface area contributed by atoms with Crippen LogP contribution in [0, 0.1) is 5.41 Å². The Kier molecular flexibility index (Phi) is 5.65. The predicted molar refractivity (Wildman–Crippen MR) is 125 cm³/mol. The first-order valence-corrected chi connectivity index (χ1v) is 12.6. The van der Waals surface area contributed by atoms with Gasteiger partial charge in [-0.25, -0.2) is 22.2 Å². The lowest BCUT2D eigenvalue weighted by atomic mass is 9.80. The number of anilines is 2. The Morgan fingerprint density at radius 1 is 1.12 bits per heavy atom. The summed E-state index contributed by atoms with van der Waals surface area (Å²) in [4.78, 5) is 13.3. The second kappa shape index (κ2) is 8.40. The number of hydrogen-bond donors (Lipinski definition) is 2. The van der Waals surface area contributed by atoms with Crippen LogP contribution in [0.3, 0.4) is 0 Å². The zero-order chi connectivity index (χ0) is 24.1. The smallest absolute Gasteiger partial charge is 0.263 e. The zero-order valence-electron chi connectivity index (χ0n) is 18.4. The van der Waals surface area contributed by atoms with Crippen LogP contribution in [0.1, 0.15) is 17.6 Å². The van der Waals surface area contributed by atoms with Crippen molar-refractivity contribution >= 4 is 32.5 Å². The van der Waals surface area contributed by atoms with Gasteiger partial charge in [0.05, 0.1) is 22.8 Å². The number of alkyl halides is 2. The first-order valence-electron chi connectivity index (χ1n) is 11.0. The van der Waals surface area contributed by atoms with Crippen LogP contribution in [0.4, 0.5) is 20.5 Å². The van der Waals surface area contributed by atoms with E-state index in [0.717, 1.165) is 0 Å². The Morgan fingerprint density at radius 3 is 2.59 bits per heavy atom. The summed E-state index contributed by atoms with van der Waals surface area (Å²) in [6.45, 7) is 1.57. The zero-order valence-corrected chi connectivity index (χ0v) is 19.2. The van der Waals surface area contributed by atoms with Gasteiger partial charge in [-0.3, -0.25) is 0 Å². The van der Waals surface area contributed by atoms with Gasteiger partial charge in [-0.1, -0.05) is 24.3 Å². The number of hydrogen-bond acceptors (Lipinski definition) is 8. The largest absolute Gasteiger partial charge is 0.396 e. The lowest BCUT2D eigenvalue weighted by molar-refractivity contribution is 0.100. The van der Waals surface area contributed by atoms with Crippen molar-refractivity contribution in [1.82, 2.24) is 9.97 Å². The summed E-state index contributed by atoms with van der Waals surface area (Å²) in [5.74, 6) is 0.712. The van der Waals surface area contributed by atoms with Crippen LogP contribution in [0.15, 0.2) is 47.4 Å². The van der Waals surface area contributed by atoms with Crippen LogP contribution in [0.5, 0.6) is 0 Å². The molecule has 8 nitrogen and oxygen atoms in total. The van der Waals surface area contributed by atoms with Crippen molar-refractivity contribution in [1.29, 1.82) is 0 Å². The van der Waals surface area contributed by atoms with E-state index in [2.05, 4.69) is 4.98 Å². The average molecular weight is 490 g/mol. The predicted octanol–water partition coefficient (Wildman–Crippen LogP) is 2.12. The van der Waals surface area contributed by atoms with Crippen LogP contribution >= 0.6 is 0 Å². The topological polar surface area (TPSA) is 113 Å². The van der Waals surface area contributed by atoms with Gasteiger partial charge in [-0.15, -0.1) is 0 Å². The number of aliphatic hydroxyl groups is 1. The molecule has 3 N–H and O–H groups in total. The van der Waals surface area contributed by atoms with Gasteiger partial charge in [0.2, 0.25) is 5.95 Å². The molecule has 0 saturated carbocycles. The Balaban J connectivity index is 1.59. The van der Waals surface area contributed by atoms with Gasteiger partial charge >= 0.3 is 0 Å². The average Bonchev–Trinajstić information content (AvgIpc) is 2.94. The fraction of sp³-hybridized carbons (Fsp3) is 0.391. The molecule has 0 atom stereocenters. The molecule has 2 aliphatic rings. The minimum Gasteiger partial charge on any atom is -0.396 e. The summed E-state index contributed by atoms with van der Waals surface area (Å²) in [5.41, 5.74) is 6.39. The summed E-state index contributed by atoms with van der Waals surface area (Å²) >= 11 is 0. The van der Waals surface area contributed by atoms with Crippen LogP contribution in [0.25, 0.3) is 10.9 Å². The number of halogens is 2. The molecule has 1 aromatic heterocycles. The van der Waals surface area contributed by atoms with E-state index in [-0.39, 0.29) is 24.5 Å². The summed E-state index contributed by atoms with van der Waals surface area (Å²) in [6, 6.07) is 11.1. The molecular weight excluding hydrogens is 464 g/mol. The summed E-state index contributed by atoms with van der Waals surface area (Å²) in [7, 11) is -3.45. The van der Waals surface area contributed by atoms with Gasteiger partial charge in [0.1, 0.15) is 5.82 Å². The van der Waals surface area contributed by atoms with E-state index in [4.69, 9.17) is 10.7 Å². The van der Waals surface area contributed by atoms with Crippen molar-refractivity contribution in [2.24, 2.45) is 11.1 Å². The second-order valence-electron chi connectivity index (χ2n) is 8.99. The molecule has 0 aliphatic carbocycles. The molecule has 3 heterocycles. The summed E-state index contributed by atoms with van der Waals surface area (Å²) in [6.07, 6.45) is -2.64. The highest BCUT2D eigenvalue weighted by Gasteiger charge is 2.43. The molecule has 0 amide bonds. The molecule has 0 spiro atoms. The van der Waals surface area contributed by atoms with E-state index in [9.17, 15) is 22.3 Å². The molecule has 1 saturated heterocycles. The van der Waals surface area contributed by atoms with Gasteiger partial charge < -0.3 is 20.6 Å². The monoisotopic (exact) mass is 489 g/mol. The van der Waals surface area contributed by atoms with E-state index in [0.29, 0.717) is 59.3 Å². The lowest BCUT2D eigenvalue weighted by Gasteiger charge is -2.49. The van der Waals surface area contributed by atoms with Crippen molar-refractivity contribution in [2.75, 3.05) is 48.3 Å². The molecule has 0 radical (unpaired) electrons. The second-order valence-corrected chi connectivity index (χ2v) is 11.1. The number of nitrogens with two attached hydrogens (primary N) is 1. The maximum atomic E-state index is 13.4. The van der Waals surface area contributed by atoms with Gasteiger partial charge in [0, 0.05) is 49.1 Å². The number of aromatic nitrogens is 2. The number of nitrogens with zero attached hydrogens (tertiary/aromatic N) is 4. The molecular formula is C23H25F2N5O3S. The van der Waals surface area contributed by atoms with E-state index >= 15 is 0 Å². The molecule has 2 aliphatic heterocycles. The number of rotatable bonds is 5. The minimum atomic E-state index is -3.45. The van der Waals surface area contributed by atoms with Gasteiger partial charge in [-0.05, 0) is 23.8 Å². The first-order chi connectivity index (χ1) is 16.2. The summed E-state index contributed by atoms with van der Waals surface area (Å²) < 4.78 is 52.4. The van der Waals surface area contributed by atoms with E-state index < -0.39 is 21.7 Å². The minimum absolute atomic E-state index is 0.0844. The first kappa shape index (κ1) is 22.9. The van der Waals surface area contributed by atoms with Crippen molar-refractivity contribution in [3.05, 3.63) is 53.6 Å². The fourth-order valence-corrected chi connectivity index (χ4v) is 6.08. The molecule has 3 aromatic rings. The highest BCUT2D eigenvalue weighted by Crippen LogP contribution is 2.38. The normalized spacial score (nSPS) is 19.1. The Labute approximate surface area is 195 Å². The standard InChI is InChI=1S/C23H25F2N5O3S/c24-20(25)15-5-6-18-17(9-15)21(30-12-23(11-26,13-30)14-31)28-22(27-18)29-7-8-34(32,33)19-4-2-1-3-16(19)10-29/h1-6,9,20,31H,7-8,10-14,26H2. The third-order valence-corrected chi connectivity index (χ3v) is 8.43. The lowest BCUT2D eigenvalue weighted by Crippen LogP contribution is -2.62. The molecule has 2 aromatic carbocycles. The fourth-order valence-electron chi connectivity index (χ4n) is 4.58. The molecule has 180 valence electrons. The number of aliphatic hydroxyl groups excluding tert-OH is 1. The number of benzene rings is 2. The van der Waals surface area contributed by atoms with Crippen LogP contribution in [-0.2, 0) is 16.4 Å². The van der Waals surface area contributed by atoms with Crippen LogP contribution in [-0.4, -0.2) is 62.0 Å². The number of sulfone groups is 1. The molecule has 1 fully saturated rings. The van der Waals surface area contributed by atoms with Crippen molar-refractivity contribution < 1.29 is 22.3 Å². The SMILES string of the molecule is NCC1(CO)CN(c2nc(N3CCS(=O)(=O)c4ccccc4C3)nc3ccc(C(F)F)cc23)C1. The Morgan fingerprint density at radius 2 is 1.88 bits per heavy atom. The summed E-state index contributed by atoms with van der Waals surface area (Å²) in [5, 5.41) is 10.2. The molecule has 11 heteroatoms.